The zero-order valence-corrected chi connectivity index (χ0v) is 7.58. The molecule has 0 saturated carbocycles. The minimum Gasteiger partial charge on any atom is -0.194 e. The monoisotopic (exact) mass is 186 g/mol. The maximum absolute atomic E-state index is 8.34. The zero-order chi connectivity index (χ0) is 9.52. The van der Waals surface area contributed by atoms with Crippen molar-refractivity contribution >= 4 is 29.1 Å². The number of aliphatic imine (C=N–C) groups is 1. The van der Waals surface area contributed by atoms with Crippen molar-refractivity contribution in [2.24, 2.45) is 4.99 Å². The summed E-state index contributed by atoms with van der Waals surface area (Å²) in [5, 5.41) is 10.6. The largest absolute Gasteiger partial charge is 0.194 e. The molecular formula is C10H6N2S. The first-order chi connectivity index (χ1) is 6.38. The van der Waals surface area contributed by atoms with Crippen LogP contribution >= 0.6 is 12.2 Å². The summed E-state index contributed by atoms with van der Waals surface area (Å²) in [5.41, 5.74) is 1.59. The highest BCUT2D eigenvalue weighted by molar-refractivity contribution is 7.78. The maximum Gasteiger partial charge on any atom is 0.0912 e. The average Bonchev–Trinajstić information content (AvgIpc) is 2.17. The van der Waals surface area contributed by atoms with E-state index in [4.69, 9.17) is 5.26 Å². The maximum atomic E-state index is 8.34. The molecule has 0 bridgehead atoms. The molecule has 0 atom stereocenters. The van der Waals surface area contributed by atoms with E-state index in [0.29, 0.717) is 0 Å². The molecule has 13 heavy (non-hydrogen) atoms. The number of isothiocyanates is 1. The molecule has 0 aliphatic carbocycles. The second kappa shape index (κ2) is 5.00. The van der Waals surface area contributed by atoms with E-state index in [2.05, 4.69) is 22.4 Å². The van der Waals surface area contributed by atoms with Crippen molar-refractivity contribution in [3.63, 3.8) is 0 Å². The Morgan fingerprint density at radius 1 is 1.38 bits per heavy atom. The molecule has 0 unspecified atom stereocenters. The Kier molecular flexibility index (Phi) is 3.59. The average molecular weight is 186 g/mol. The topological polar surface area (TPSA) is 36.1 Å². The Bertz CT molecular complexity index is 409. The number of thiocarbonyl (C=S) groups is 1. The predicted molar refractivity (Wildman–Crippen MR) is 55.8 cm³/mol. The molecule has 2 nitrogen and oxygen atoms in total. The fraction of sp³-hybridized carbons (Fsp3) is 0. The lowest BCUT2D eigenvalue weighted by Gasteiger charge is -1.95. The van der Waals surface area contributed by atoms with Crippen LogP contribution in [0.4, 0.5) is 5.69 Å². The molecule has 0 aliphatic rings. The van der Waals surface area contributed by atoms with Crippen LogP contribution in [-0.2, 0) is 0 Å². The smallest absolute Gasteiger partial charge is 0.0912 e. The van der Waals surface area contributed by atoms with Gasteiger partial charge in [0.2, 0.25) is 0 Å². The molecule has 0 N–H and O–H groups in total. The van der Waals surface area contributed by atoms with Crippen LogP contribution in [0.3, 0.4) is 0 Å². The van der Waals surface area contributed by atoms with Gasteiger partial charge in [0.05, 0.1) is 16.9 Å². The van der Waals surface area contributed by atoms with Crippen LogP contribution in [0.15, 0.2) is 35.3 Å². The Hall–Kier alpha value is -1.75. The van der Waals surface area contributed by atoms with Gasteiger partial charge in [0, 0.05) is 11.6 Å². The standard InChI is InChI=1S/C10H6N2S/c11-7-3-5-9-4-1-2-6-10(9)12-8-13/h1-6H. The van der Waals surface area contributed by atoms with Gasteiger partial charge in [-0.15, -0.1) is 0 Å². The van der Waals surface area contributed by atoms with Crippen molar-refractivity contribution in [1.82, 2.24) is 0 Å². The van der Waals surface area contributed by atoms with E-state index < -0.39 is 0 Å². The van der Waals surface area contributed by atoms with Crippen LogP contribution in [0.1, 0.15) is 5.56 Å². The Morgan fingerprint density at radius 3 is 2.85 bits per heavy atom. The lowest BCUT2D eigenvalue weighted by molar-refractivity contribution is 1.51. The number of para-hydroxylation sites is 1. The van der Waals surface area contributed by atoms with Gasteiger partial charge >= 0.3 is 0 Å². The molecule has 1 aromatic rings. The second-order valence-corrected chi connectivity index (χ2v) is 2.41. The molecule has 0 saturated heterocycles. The van der Waals surface area contributed by atoms with Gasteiger partial charge in [-0.25, -0.2) is 0 Å². The second-order valence-electron chi connectivity index (χ2n) is 2.22. The summed E-state index contributed by atoms with van der Waals surface area (Å²) in [5.74, 6) is 0. The summed E-state index contributed by atoms with van der Waals surface area (Å²) in [6, 6.07) is 9.32. The normalized spacial score (nSPS) is 9.15. The highest BCUT2D eigenvalue weighted by Gasteiger charge is 1.93. The molecule has 0 heterocycles. The minimum absolute atomic E-state index is 0.726. The van der Waals surface area contributed by atoms with Crippen LogP contribution in [0.2, 0.25) is 0 Å². The fourth-order valence-electron chi connectivity index (χ4n) is 0.907. The first kappa shape index (κ1) is 9.34. The van der Waals surface area contributed by atoms with E-state index in [9.17, 15) is 0 Å². The summed E-state index contributed by atoms with van der Waals surface area (Å²) < 4.78 is 0. The summed E-state index contributed by atoms with van der Waals surface area (Å²) in [6.45, 7) is 0. The van der Waals surface area contributed by atoms with E-state index in [1.54, 1.807) is 6.08 Å². The molecule has 62 valence electrons. The number of allylic oxidation sites excluding steroid dienone is 1. The van der Waals surface area contributed by atoms with Crippen LogP contribution < -0.4 is 0 Å². The van der Waals surface area contributed by atoms with E-state index >= 15 is 0 Å². The van der Waals surface area contributed by atoms with Gasteiger partial charge in [-0.2, -0.15) is 10.3 Å². The van der Waals surface area contributed by atoms with Crippen LogP contribution in [0.5, 0.6) is 0 Å². The number of hydrogen-bond acceptors (Lipinski definition) is 3. The van der Waals surface area contributed by atoms with Gasteiger partial charge in [-0.05, 0) is 24.4 Å². The number of rotatable bonds is 2. The van der Waals surface area contributed by atoms with Gasteiger partial charge in [-0.3, -0.25) is 0 Å². The summed E-state index contributed by atoms with van der Waals surface area (Å²) in [6.07, 6.45) is 3.09. The number of nitrogens with zero attached hydrogens (tertiary/aromatic N) is 2. The van der Waals surface area contributed by atoms with E-state index in [-0.39, 0.29) is 0 Å². The molecular weight excluding hydrogens is 180 g/mol. The first-order valence-corrected chi connectivity index (χ1v) is 4.02. The lowest BCUT2D eigenvalue weighted by atomic mass is 10.2. The first-order valence-electron chi connectivity index (χ1n) is 3.61. The Morgan fingerprint density at radius 2 is 2.15 bits per heavy atom. The van der Waals surface area contributed by atoms with E-state index in [1.807, 2.05) is 30.3 Å². The van der Waals surface area contributed by atoms with Crippen molar-refractivity contribution in [2.75, 3.05) is 0 Å². The van der Waals surface area contributed by atoms with Gasteiger partial charge < -0.3 is 0 Å². The molecule has 1 aromatic carbocycles. The van der Waals surface area contributed by atoms with Crippen molar-refractivity contribution in [3.8, 4) is 6.07 Å². The Balaban J connectivity index is 3.13. The molecule has 0 radical (unpaired) electrons. The molecule has 3 heteroatoms. The Labute approximate surface area is 81.8 Å². The summed E-state index contributed by atoms with van der Waals surface area (Å²) in [4.78, 5) is 3.86. The minimum atomic E-state index is 0.726. The van der Waals surface area contributed by atoms with Crippen molar-refractivity contribution in [1.29, 1.82) is 5.26 Å². The van der Waals surface area contributed by atoms with Crippen LogP contribution in [-0.4, -0.2) is 5.16 Å². The van der Waals surface area contributed by atoms with Crippen molar-refractivity contribution in [2.45, 2.75) is 0 Å². The molecule has 0 spiro atoms. The van der Waals surface area contributed by atoms with Crippen LogP contribution in [0, 0.1) is 11.3 Å². The molecule has 0 amide bonds. The summed E-state index contributed by atoms with van der Waals surface area (Å²) in [7, 11) is 0. The van der Waals surface area contributed by atoms with Gasteiger partial charge in [-0.1, -0.05) is 18.2 Å². The third-order valence-electron chi connectivity index (χ3n) is 1.44. The highest BCUT2D eigenvalue weighted by Crippen LogP contribution is 2.18. The van der Waals surface area contributed by atoms with Crippen molar-refractivity contribution in [3.05, 3.63) is 35.9 Å². The lowest BCUT2D eigenvalue weighted by Crippen LogP contribution is -1.72. The quantitative estimate of drug-likeness (QED) is 0.404. The van der Waals surface area contributed by atoms with E-state index in [0.717, 1.165) is 11.3 Å². The van der Waals surface area contributed by atoms with Gasteiger partial charge in [0.15, 0.2) is 0 Å². The third kappa shape index (κ3) is 2.64. The number of benzene rings is 1. The molecule has 1 rings (SSSR count). The number of nitriles is 1. The molecule has 0 aliphatic heterocycles. The van der Waals surface area contributed by atoms with Gasteiger partial charge in [0.1, 0.15) is 0 Å². The predicted octanol–water partition coefficient (Wildman–Crippen LogP) is 2.96. The highest BCUT2D eigenvalue weighted by atomic mass is 32.1. The number of hydrogen-bond donors (Lipinski definition) is 0. The van der Waals surface area contributed by atoms with Crippen LogP contribution in [0.25, 0.3) is 6.08 Å². The molecule has 0 fully saturated rings. The third-order valence-corrected chi connectivity index (χ3v) is 1.53. The summed E-state index contributed by atoms with van der Waals surface area (Å²) >= 11 is 4.50. The van der Waals surface area contributed by atoms with Crippen molar-refractivity contribution < 1.29 is 0 Å². The van der Waals surface area contributed by atoms with Gasteiger partial charge in [0.25, 0.3) is 0 Å². The fourth-order valence-corrected chi connectivity index (χ4v) is 1.00. The van der Waals surface area contributed by atoms with E-state index in [1.165, 1.54) is 6.08 Å². The zero-order valence-electron chi connectivity index (χ0n) is 6.77. The molecule has 0 aromatic heterocycles. The SMILES string of the molecule is N#CC=Cc1ccccc1N=C=S.